The molecule has 126 valence electrons. The predicted octanol–water partition coefficient (Wildman–Crippen LogP) is 2.63. The van der Waals surface area contributed by atoms with Crippen LogP contribution in [0.4, 0.5) is 0 Å². The molecule has 1 aromatic heterocycles. The van der Waals surface area contributed by atoms with Gasteiger partial charge in [0.15, 0.2) is 0 Å². The number of rotatable bonds is 4. The molecular formula is C17H25N3O3. The van der Waals surface area contributed by atoms with Gasteiger partial charge in [-0.05, 0) is 38.5 Å². The van der Waals surface area contributed by atoms with Gasteiger partial charge in [0.05, 0.1) is 17.9 Å². The molecule has 0 radical (unpaired) electrons. The molecule has 6 heteroatoms. The molecule has 1 N–H and O–H groups in total. The summed E-state index contributed by atoms with van der Waals surface area (Å²) in [5, 5.41) is 13.4. The summed E-state index contributed by atoms with van der Waals surface area (Å²) in [4.78, 5) is 25.5. The molecule has 2 fully saturated rings. The Bertz CT molecular complexity index is 582. The van der Waals surface area contributed by atoms with Gasteiger partial charge in [0.25, 0.3) is 0 Å². The number of hydrogen-bond acceptors (Lipinski definition) is 3. The van der Waals surface area contributed by atoms with E-state index in [0.717, 1.165) is 25.9 Å². The standard InChI is InChI=1S/C17H25N3O3/c1-12-15(17(22)23)11-18-20(12)14-6-8-19(9-7-14)16(21)10-13-4-2-3-5-13/h11,13-14H,2-10H2,1H3,(H,22,23). The van der Waals surface area contributed by atoms with Gasteiger partial charge in [0.1, 0.15) is 5.56 Å². The molecule has 1 amide bonds. The lowest BCUT2D eigenvalue weighted by atomic mass is 10.0. The van der Waals surface area contributed by atoms with Crippen molar-refractivity contribution in [2.75, 3.05) is 13.1 Å². The van der Waals surface area contributed by atoms with Crippen molar-refractivity contribution in [3.05, 3.63) is 17.5 Å². The van der Waals surface area contributed by atoms with Gasteiger partial charge in [-0.1, -0.05) is 12.8 Å². The van der Waals surface area contributed by atoms with Gasteiger partial charge in [-0.25, -0.2) is 4.79 Å². The number of likely N-dealkylation sites (tertiary alicyclic amines) is 1. The normalized spacial score (nSPS) is 20.1. The molecule has 6 nitrogen and oxygen atoms in total. The fourth-order valence-electron chi connectivity index (χ4n) is 3.95. The van der Waals surface area contributed by atoms with Crippen LogP contribution in [0, 0.1) is 12.8 Å². The summed E-state index contributed by atoms with van der Waals surface area (Å²) in [5.74, 6) is -0.0524. The molecule has 0 atom stereocenters. The van der Waals surface area contributed by atoms with Gasteiger partial charge < -0.3 is 10.0 Å². The summed E-state index contributed by atoms with van der Waals surface area (Å²) < 4.78 is 1.82. The van der Waals surface area contributed by atoms with Crippen molar-refractivity contribution in [1.29, 1.82) is 0 Å². The number of aromatic carboxylic acids is 1. The first kappa shape index (κ1) is 16.0. The number of carbonyl (C=O) groups is 2. The molecule has 3 rings (SSSR count). The van der Waals surface area contributed by atoms with Crippen molar-refractivity contribution < 1.29 is 14.7 Å². The minimum absolute atomic E-state index is 0.193. The topological polar surface area (TPSA) is 75.4 Å². The Morgan fingerprint density at radius 3 is 2.43 bits per heavy atom. The van der Waals surface area contributed by atoms with Crippen LogP contribution in [0.5, 0.6) is 0 Å². The van der Waals surface area contributed by atoms with Gasteiger partial charge in [-0.15, -0.1) is 0 Å². The van der Waals surface area contributed by atoms with Gasteiger partial charge in [0.2, 0.25) is 5.91 Å². The van der Waals surface area contributed by atoms with Crippen LogP contribution in [0.3, 0.4) is 0 Å². The van der Waals surface area contributed by atoms with Crippen molar-refractivity contribution in [1.82, 2.24) is 14.7 Å². The fraction of sp³-hybridized carbons (Fsp3) is 0.706. The van der Waals surface area contributed by atoms with Crippen molar-refractivity contribution in [2.24, 2.45) is 5.92 Å². The van der Waals surface area contributed by atoms with Gasteiger partial charge in [0, 0.05) is 19.5 Å². The molecule has 0 bridgehead atoms. The molecule has 1 aliphatic heterocycles. The zero-order valence-electron chi connectivity index (χ0n) is 13.7. The molecule has 2 heterocycles. The average Bonchev–Trinajstić information content (AvgIpc) is 3.17. The van der Waals surface area contributed by atoms with Crippen molar-refractivity contribution >= 4 is 11.9 Å². The van der Waals surface area contributed by atoms with E-state index in [1.807, 2.05) is 9.58 Å². The Labute approximate surface area is 136 Å². The van der Waals surface area contributed by atoms with E-state index >= 15 is 0 Å². The van der Waals surface area contributed by atoms with Gasteiger partial charge >= 0.3 is 5.97 Å². The zero-order chi connectivity index (χ0) is 16.4. The molecule has 0 aromatic carbocycles. The molecule has 0 spiro atoms. The van der Waals surface area contributed by atoms with Gasteiger partial charge in [-0.2, -0.15) is 5.10 Å². The Morgan fingerprint density at radius 2 is 1.87 bits per heavy atom. The number of hydrogen-bond donors (Lipinski definition) is 1. The lowest BCUT2D eigenvalue weighted by molar-refractivity contribution is -0.133. The van der Waals surface area contributed by atoms with Crippen LogP contribution in [0.1, 0.15) is 67.0 Å². The second kappa shape index (κ2) is 6.72. The minimum atomic E-state index is -0.932. The largest absolute Gasteiger partial charge is 0.478 e. The highest BCUT2D eigenvalue weighted by Crippen LogP contribution is 2.30. The molecule has 2 aliphatic rings. The van der Waals surface area contributed by atoms with E-state index in [2.05, 4.69) is 5.10 Å². The number of nitrogens with zero attached hydrogens (tertiary/aromatic N) is 3. The first-order valence-corrected chi connectivity index (χ1v) is 8.61. The maximum atomic E-state index is 12.4. The average molecular weight is 319 g/mol. The highest BCUT2D eigenvalue weighted by atomic mass is 16.4. The molecule has 23 heavy (non-hydrogen) atoms. The van der Waals surface area contributed by atoms with E-state index in [1.165, 1.54) is 31.9 Å². The molecule has 1 saturated heterocycles. The van der Waals surface area contributed by atoms with Crippen molar-refractivity contribution in [3.63, 3.8) is 0 Å². The van der Waals surface area contributed by atoms with E-state index in [1.54, 1.807) is 6.92 Å². The summed E-state index contributed by atoms with van der Waals surface area (Å²) in [7, 11) is 0. The number of carboxylic acid groups (broad SMARTS) is 1. The van der Waals surface area contributed by atoms with Crippen LogP contribution < -0.4 is 0 Å². The third-order valence-electron chi connectivity index (χ3n) is 5.38. The van der Waals surface area contributed by atoms with E-state index in [4.69, 9.17) is 5.11 Å². The van der Waals surface area contributed by atoms with E-state index < -0.39 is 5.97 Å². The SMILES string of the molecule is Cc1c(C(=O)O)cnn1C1CCN(C(=O)CC2CCCC2)CC1. The summed E-state index contributed by atoms with van der Waals surface area (Å²) >= 11 is 0. The Balaban J connectivity index is 1.55. The summed E-state index contributed by atoms with van der Waals surface area (Å²) in [6.45, 7) is 3.30. The smallest absolute Gasteiger partial charge is 0.339 e. The predicted molar refractivity (Wildman–Crippen MR) is 85.3 cm³/mol. The number of aromatic nitrogens is 2. The second-order valence-electron chi connectivity index (χ2n) is 6.86. The Hall–Kier alpha value is -1.85. The number of piperidine rings is 1. The summed E-state index contributed by atoms with van der Waals surface area (Å²) in [5.41, 5.74) is 0.970. The monoisotopic (exact) mass is 319 g/mol. The van der Waals surface area contributed by atoms with Crippen LogP contribution in [0.25, 0.3) is 0 Å². The van der Waals surface area contributed by atoms with Crippen molar-refractivity contribution in [2.45, 2.75) is 57.9 Å². The molecule has 1 aliphatic carbocycles. The lowest BCUT2D eigenvalue weighted by Gasteiger charge is -2.33. The van der Waals surface area contributed by atoms with Crippen LogP contribution in [-0.4, -0.2) is 44.8 Å². The van der Waals surface area contributed by atoms with Gasteiger partial charge in [-0.3, -0.25) is 9.48 Å². The second-order valence-corrected chi connectivity index (χ2v) is 6.86. The number of amides is 1. The van der Waals surface area contributed by atoms with E-state index in [-0.39, 0.29) is 11.6 Å². The Morgan fingerprint density at radius 1 is 1.22 bits per heavy atom. The van der Waals surface area contributed by atoms with Crippen LogP contribution in [0.2, 0.25) is 0 Å². The molecule has 1 saturated carbocycles. The van der Waals surface area contributed by atoms with Crippen LogP contribution >= 0.6 is 0 Å². The first-order chi connectivity index (χ1) is 11.1. The maximum absolute atomic E-state index is 12.4. The summed E-state index contributed by atoms with van der Waals surface area (Å²) in [6, 6.07) is 0.193. The quantitative estimate of drug-likeness (QED) is 0.925. The third kappa shape index (κ3) is 3.41. The fourth-order valence-corrected chi connectivity index (χ4v) is 3.95. The highest BCUT2D eigenvalue weighted by Gasteiger charge is 2.28. The van der Waals surface area contributed by atoms with E-state index in [9.17, 15) is 9.59 Å². The molecule has 0 unspecified atom stereocenters. The number of carboxylic acids is 1. The molecular weight excluding hydrogens is 294 g/mol. The molecule has 1 aromatic rings. The van der Waals surface area contributed by atoms with Crippen LogP contribution in [0.15, 0.2) is 6.20 Å². The minimum Gasteiger partial charge on any atom is -0.478 e. The highest BCUT2D eigenvalue weighted by molar-refractivity contribution is 5.88. The van der Waals surface area contributed by atoms with E-state index in [0.29, 0.717) is 23.9 Å². The zero-order valence-corrected chi connectivity index (χ0v) is 13.7. The Kier molecular flexibility index (Phi) is 4.68. The summed E-state index contributed by atoms with van der Waals surface area (Å²) in [6.07, 6.45) is 8.76. The van der Waals surface area contributed by atoms with Crippen LogP contribution in [-0.2, 0) is 4.79 Å². The lowest BCUT2D eigenvalue weighted by Crippen LogP contribution is -2.40. The first-order valence-electron chi connectivity index (χ1n) is 8.61. The third-order valence-corrected chi connectivity index (χ3v) is 5.38. The maximum Gasteiger partial charge on any atom is 0.339 e. The number of carbonyl (C=O) groups excluding carboxylic acids is 1. The van der Waals surface area contributed by atoms with Crippen molar-refractivity contribution in [3.8, 4) is 0 Å².